The molecule has 0 fully saturated rings. The molecular formula is C78H152O17P2. The van der Waals surface area contributed by atoms with Crippen molar-refractivity contribution in [2.75, 3.05) is 39.6 Å². The third-order valence-corrected chi connectivity index (χ3v) is 20.0. The molecule has 0 spiro atoms. The van der Waals surface area contributed by atoms with Gasteiger partial charge in [0.2, 0.25) is 0 Å². The minimum atomic E-state index is -4.96. The van der Waals surface area contributed by atoms with E-state index in [2.05, 4.69) is 55.4 Å². The number of carbonyl (C=O) groups excluding carboxylic acids is 4. The molecule has 3 unspecified atom stereocenters. The van der Waals surface area contributed by atoms with Gasteiger partial charge in [-0.25, -0.2) is 9.13 Å². The summed E-state index contributed by atoms with van der Waals surface area (Å²) in [7, 11) is -9.92. The maximum Gasteiger partial charge on any atom is 0.472 e. The summed E-state index contributed by atoms with van der Waals surface area (Å²) in [4.78, 5) is 72.9. The van der Waals surface area contributed by atoms with Crippen molar-refractivity contribution in [3.8, 4) is 0 Å². The van der Waals surface area contributed by atoms with Crippen LogP contribution in [0, 0.1) is 23.7 Å². The summed E-state index contributed by atoms with van der Waals surface area (Å²) >= 11 is 0. The Morgan fingerprint density at radius 1 is 0.258 bits per heavy atom. The van der Waals surface area contributed by atoms with E-state index >= 15 is 0 Å². The number of aliphatic hydroxyl groups excluding tert-OH is 1. The molecule has 17 nitrogen and oxygen atoms in total. The van der Waals surface area contributed by atoms with Gasteiger partial charge >= 0.3 is 39.5 Å². The van der Waals surface area contributed by atoms with Crippen molar-refractivity contribution in [1.82, 2.24) is 0 Å². The van der Waals surface area contributed by atoms with E-state index in [1.807, 2.05) is 0 Å². The van der Waals surface area contributed by atoms with Gasteiger partial charge in [-0.3, -0.25) is 37.3 Å². The predicted octanol–water partition coefficient (Wildman–Crippen LogP) is 22.8. The molecule has 0 aromatic carbocycles. The van der Waals surface area contributed by atoms with Gasteiger partial charge in [0.25, 0.3) is 0 Å². The number of ether oxygens (including phenoxy) is 4. The van der Waals surface area contributed by atoms with Crippen molar-refractivity contribution in [2.24, 2.45) is 23.7 Å². The molecule has 3 N–H and O–H groups in total. The van der Waals surface area contributed by atoms with Gasteiger partial charge < -0.3 is 33.8 Å². The molecule has 0 heterocycles. The normalized spacial score (nSPS) is 14.1. The number of phosphoric acid groups is 2. The fourth-order valence-corrected chi connectivity index (χ4v) is 13.5. The quantitative estimate of drug-likeness (QED) is 0.0222. The summed E-state index contributed by atoms with van der Waals surface area (Å²) in [6, 6.07) is 0. The van der Waals surface area contributed by atoms with Crippen molar-refractivity contribution in [3.63, 3.8) is 0 Å². The summed E-state index contributed by atoms with van der Waals surface area (Å²) in [5.74, 6) is 0.916. The number of unbranched alkanes of at least 4 members (excludes halogenated alkanes) is 41. The molecule has 0 aromatic rings. The van der Waals surface area contributed by atoms with Gasteiger partial charge in [0, 0.05) is 25.7 Å². The number of hydrogen-bond donors (Lipinski definition) is 3. The van der Waals surface area contributed by atoms with Crippen LogP contribution in [0.5, 0.6) is 0 Å². The average molecular weight is 1420 g/mol. The van der Waals surface area contributed by atoms with Crippen molar-refractivity contribution in [2.45, 2.75) is 414 Å². The lowest BCUT2D eigenvalue weighted by Crippen LogP contribution is -2.30. The molecule has 0 saturated heterocycles. The largest absolute Gasteiger partial charge is 0.472 e. The summed E-state index contributed by atoms with van der Waals surface area (Å²) in [5, 5.41) is 10.6. The Kier molecular flexibility index (Phi) is 65.9. The minimum Gasteiger partial charge on any atom is -0.462 e. The number of carbonyl (C=O) groups is 4. The summed E-state index contributed by atoms with van der Waals surface area (Å²) < 4.78 is 68.6. The molecule has 0 rings (SSSR count). The first-order valence-electron chi connectivity index (χ1n) is 40.2. The number of esters is 4. The van der Waals surface area contributed by atoms with Gasteiger partial charge in [-0.05, 0) is 49.4 Å². The number of phosphoric ester groups is 2. The highest BCUT2D eigenvalue weighted by Gasteiger charge is 2.30. The van der Waals surface area contributed by atoms with Gasteiger partial charge in [0.15, 0.2) is 12.2 Å². The Bertz CT molecular complexity index is 1900. The molecule has 0 radical (unpaired) electrons. The molecule has 0 aliphatic carbocycles. The highest BCUT2D eigenvalue weighted by Crippen LogP contribution is 2.45. The molecule has 5 atom stereocenters. The number of hydrogen-bond acceptors (Lipinski definition) is 15. The molecule has 0 aliphatic rings. The van der Waals surface area contributed by atoms with Crippen LogP contribution >= 0.6 is 15.6 Å². The van der Waals surface area contributed by atoms with E-state index < -0.39 is 97.5 Å². The van der Waals surface area contributed by atoms with Crippen molar-refractivity contribution in [3.05, 3.63) is 0 Å². The lowest BCUT2D eigenvalue weighted by molar-refractivity contribution is -0.161. The molecular weight excluding hydrogens is 1270 g/mol. The third-order valence-electron chi connectivity index (χ3n) is 18.1. The zero-order chi connectivity index (χ0) is 71.7. The Labute approximate surface area is 594 Å². The van der Waals surface area contributed by atoms with Crippen LogP contribution in [0.2, 0.25) is 0 Å². The SMILES string of the molecule is CC(C)CCCCCCCCCCCCCCCCCCC(=O)O[C@H](COC(=O)CCCCCCCCCC(C)C)COP(=O)(O)OCC(O)COP(=O)(O)OC[C@@H](COC(=O)CCCCCCCCCCC(C)C)OC(=O)CCCCCCCCCCCCCCCCC(C)C. The van der Waals surface area contributed by atoms with Crippen LogP contribution in [0.4, 0.5) is 0 Å². The van der Waals surface area contributed by atoms with Crippen molar-refractivity contribution in [1.29, 1.82) is 0 Å². The summed E-state index contributed by atoms with van der Waals surface area (Å²) in [5.41, 5.74) is 0. The predicted molar refractivity (Wildman–Crippen MR) is 395 cm³/mol. The van der Waals surface area contributed by atoms with Crippen LogP contribution < -0.4 is 0 Å². The van der Waals surface area contributed by atoms with Gasteiger partial charge in [0.1, 0.15) is 19.3 Å². The molecule has 97 heavy (non-hydrogen) atoms. The standard InChI is InChI=1S/C78H152O17P2/c1-68(2)54-46-38-30-23-19-15-11-9-10-12-17-21-25-35-44-52-60-78(83)95-74(65-89-76(81)59-51-43-37-29-33-41-49-57-71(7)8)67-93-97(86,87)91-63-72(79)62-90-96(84,85)92-66-73(64-88-75(80)58-50-42-34-28-27-32-40-48-56-70(5)6)94-77(82)61-53-45-36-26-22-18-14-13-16-20-24-31-39-47-55-69(3)4/h68-74,79H,9-67H2,1-8H3,(H,84,85)(H,86,87)/t72?,73-,74-/m1/s1. The second kappa shape index (κ2) is 67.2. The third kappa shape index (κ3) is 72.2. The van der Waals surface area contributed by atoms with Crippen molar-refractivity contribution < 1.29 is 80.2 Å². The van der Waals surface area contributed by atoms with Gasteiger partial charge in [-0.2, -0.15) is 0 Å². The second-order valence-corrected chi connectivity index (χ2v) is 32.9. The fraction of sp³-hybridized carbons (Fsp3) is 0.949. The monoisotopic (exact) mass is 1420 g/mol. The van der Waals surface area contributed by atoms with E-state index in [-0.39, 0.29) is 25.7 Å². The van der Waals surface area contributed by atoms with E-state index in [1.54, 1.807) is 0 Å². The summed E-state index contributed by atoms with van der Waals surface area (Å²) in [6.45, 7) is 14.2. The fourth-order valence-electron chi connectivity index (χ4n) is 11.9. The van der Waals surface area contributed by atoms with Crippen LogP contribution in [0.1, 0.15) is 396 Å². The first-order valence-corrected chi connectivity index (χ1v) is 43.2. The lowest BCUT2D eigenvalue weighted by atomic mass is 10.0. The molecule has 0 saturated carbocycles. The van der Waals surface area contributed by atoms with Crippen LogP contribution in [-0.4, -0.2) is 96.7 Å². The molecule has 0 amide bonds. The highest BCUT2D eigenvalue weighted by molar-refractivity contribution is 7.47. The topological polar surface area (TPSA) is 237 Å². The maximum absolute atomic E-state index is 13.1. The minimum absolute atomic E-state index is 0.106. The van der Waals surface area contributed by atoms with Gasteiger partial charge in [0.05, 0.1) is 26.4 Å². The molecule has 0 bridgehead atoms. The summed E-state index contributed by atoms with van der Waals surface area (Å²) in [6.07, 6.45) is 52.9. The molecule has 0 aliphatic heterocycles. The second-order valence-electron chi connectivity index (χ2n) is 30.0. The molecule has 19 heteroatoms. The van der Waals surface area contributed by atoms with Crippen LogP contribution in [0.15, 0.2) is 0 Å². The first kappa shape index (κ1) is 95.1. The maximum atomic E-state index is 13.1. The first-order chi connectivity index (χ1) is 46.6. The molecule has 576 valence electrons. The Morgan fingerprint density at radius 2 is 0.433 bits per heavy atom. The van der Waals surface area contributed by atoms with E-state index in [4.69, 9.17) is 37.0 Å². The van der Waals surface area contributed by atoms with Crippen molar-refractivity contribution >= 4 is 39.5 Å². The lowest BCUT2D eigenvalue weighted by Gasteiger charge is -2.21. The van der Waals surface area contributed by atoms with E-state index in [9.17, 15) is 43.2 Å². The number of rotatable bonds is 75. The van der Waals surface area contributed by atoms with Crippen LogP contribution in [-0.2, 0) is 65.4 Å². The Morgan fingerprint density at radius 3 is 0.639 bits per heavy atom. The van der Waals surface area contributed by atoms with Crippen LogP contribution in [0.3, 0.4) is 0 Å². The Balaban J connectivity index is 5.21. The zero-order valence-electron chi connectivity index (χ0n) is 63.7. The highest BCUT2D eigenvalue weighted by atomic mass is 31.2. The Hall–Kier alpha value is -1.94. The van der Waals surface area contributed by atoms with Gasteiger partial charge in [-0.15, -0.1) is 0 Å². The number of aliphatic hydroxyl groups is 1. The van der Waals surface area contributed by atoms with E-state index in [1.165, 1.54) is 193 Å². The van der Waals surface area contributed by atoms with E-state index in [0.717, 1.165) is 114 Å². The van der Waals surface area contributed by atoms with Gasteiger partial charge in [-0.1, -0.05) is 344 Å². The smallest absolute Gasteiger partial charge is 0.462 e. The zero-order valence-corrected chi connectivity index (χ0v) is 65.5. The molecule has 0 aromatic heterocycles. The average Bonchev–Trinajstić information content (AvgIpc) is 1.09. The van der Waals surface area contributed by atoms with E-state index in [0.29, 0.717) is 31.6 Å². The van der Waals surface area contributed by atoms with Crippen LogP contribution in [0.25, 0.3) is 0 Å².